The van der Waals surface area contributed by atoms with Crippen molar-refractivity contribution in [2.24, 2.45) is 0 Å². The van der Waals surface area contributed by atoms with E-state index in [0.29, 0.717) is 13.1 Å². The van der Waals surface area contributed by atoms with Crippen LogP contribution in [0.4, 0.5) is 4.39 Å². The summed E-state index contributed by atoms with van der Waals surface area (Å²) < 4.78 is 44.9. The summed E-state index contributed by atoms with van der Waals surface area (Å²) in [5.41, 5.74) is 4.34. The van der Waals surface area contributed by atoms with Gasteiger partial charge in [-0.25, -0.2) is 12.8 Å². The second-order valence-electron chi connectivity index (χ2n) is 5.84. The second-order valence-corrected chi connectivity index (χ2v) is 7.78. The Bertz CT molecular complexity index is 977. The van der Waals surface area contributed by atoms with Gasteiger partial charge in [0.15, 0.2) is 18.2 Å². The van der Waals surface area contributed by atoms with E-state index in [2.05, 4.69) is 10.9 Å². The Morgan fingerprint density at radius 3 is 2.38 bits per heavy atom. The van der Waals surface area contributed by atoms with Gasteiger partial charge in [-0.15, -0.1) is 0 Å². The standard InChI is InChI=1S/C19H22FN3O5S/c1-3-23(4-2)29(26,27)15-9-7-8-14(12-15)19(25)22-21-18(24)13-28-17-11-6-5-10-16(17)20/h5-12H,3-4,13H2,1-2H3,(H,21,24)(H,22,25). The molecular weight excluding hydrogens is 401 g/mol. The van der Waals surface area contributed by atoms with Crippen LogP contribution < -0.4 is 15.6 Å². The summed E-state index contributed by atoms with van der Waals surface area (Å²) >= 11 is 0. The molecule has 8 nitrogen and oxygen atoms in total. The lowest BCUT2D eigenvalue weighted by molar-refractivity contribution is -0.123. The first kappa shape index (κ1) is 22.3. The topological polar surface area (TPSA) is 105 Å². The molecule has 0 aromatic heterocycles. The zero-order valence-electron chi connectivity index (χ0n) is 16.0. The zero-order valence-corrected chi connectivity index (χ0v) is 16.8. The van der Waals surface area contributed by atoms with Gasteiger partial charge in [-0.05, 0) is 30.3 Å². The minimum absolute atomic E-state index is 0.0249. The van der Waals surface area contributed by atoms with Crippen LogP contribution in [0.1, 0.15) is 24.2 Å². The molecule has 0 aliphatic heterocycles. The fourth-order valence-corrected chi connectivity index (χ4v) is 3.95. The van der Waals surface area contributed by atoms with Crippen molar-refractivity contribution in [2.45, 2.75) is 18.7 Å². The van der Waals surface area contributed by atoms with Crippen molar-refractivity contribution >= 4 is 21.8 Å². The van der Waals surface area contributed by atoms with Crippen LogP contribution in [0.2, 0.25) is 0 Å². The van der Waals surface area contributed by atoms with E-state index in [4.69, 9.17) is 4.74 Å². The van der Waals surface area contributed by atoms with E-state index >= 15 is 0 Å². The molecule has 0 bridgehead atoms. The molecule has 2 rings (SSSR count). The van der Waals surface area contributed by atoms with E-state index in [1.165, 1.54) is 46.8 Å². The van der Waals surface area contributed by atoms with Gasteiger partial charge in [-0.2, -0.15) is 4.31 Å². The predicted molar refractivity (Wildman–Crippen MR) is 104 cm³/mol. The molecule has 0 atom stereocenters. The molecule has 10 heteroatoms. The Morgan fingerprint density at radius 1 is 1.03 bits per heavy atom. The molecule has 0 heterocycles. The van der Waals surface area contributed by atoms with Crippen LogP contribution >= 0.6 is 0 Å². The molecule has 0 saturated heterocycles. The van der Waals surface area contributed by atoms with Gasteiger partial charge >= 0.3 is 0 Å². The molecule has 0 spiro atoms. The van der Waals surface area contributed by atoms with E-state index in [1.807, 2.05) is 0 Å². The van der Waals surface area contributed by atoms with Crippen LogP contribution in [0.25, 0.3) is 0 Å². The number of nitrogens with zero attached hydrogens (tertiary/aromatic N) is 1. The molecule has 0 radical (unpaired) electrons. The van der Waals surface area contributed by atoms with Crippen LogP contribution in [0.5, 0.6) is 5.75 Å². The zero-order chi connectivity index (χ0) is 21.4. The highest BCUT2D eigenvalue weighted by molar-refractivity contribution is 7.89. The normalized spacial score (nSPS) is 11.2. The average Bonchev–Trinajstić information content (AvgIpc) is 2.72. The van der Waals surface area contributed by atoms with Crippen molar-refractivity contribution < 1.29 is 27.1 Å². The van der Waals surface area contributed by atoms with Crippen LogP contribution in [-0.2, 0) is 14.8 Å². The maximum Gasteiger partial charge on any atom is 0.276 e. The molecular formula is C19H22FN3O5S. The van der Waals surface area contributed by atoms with E-state index in [-0.39, 0.29) is 16.2 Å². The number of hydrogen-bond acceptors (Lipinski definition) is 5. The van der Waals surface area contributed by atoms with E-state index < -0.39 is 34.3 Å². The highest BCUT2D eigenvalue weighted by Gasteiger charge is 2.22. The SMILES string of the molecule is CCN(CC)S(=O)(=O)c1cccc(C(=O)NNC(=O)COc2ccccc2F)c1. The monoisotopic (exact) mass is 423 g/mol. The summed E-state index contributed by atoms with van der Waals surface area (Å²) in [5.74, 6) is -2.13. The fourth-order valence-electron chi connectivity index (χ4n) is 2.45. The Morgan fingerprint density at radius 2 is 1.72 bits per heavy atom. The first-order valence-electron chi connectivity index (χ1n) is 8.86. The number of benzene rings is 2. The lowest BCUT2D eigenvalue weighted by Gasteiger charge is -2.18. The highest BCUT2D eigenvalue weighted by atomic mass is 32.2. The van der Waals surface area contributed by atoms with Gasteiger partial charge < -0.3 is 4.74 Å². The van der Waals surface area contributed by atoms with Crippen LogP contribution in [0.3, 0.4) is 0 Å². The number of sulfonamides is 1. The Labute approximate surface area is 168 Å². The summed E-state index contributed by atoms with van der Waals surface area (Å²) in [6.07, 6.45) is 0. The molecule has 0 aliphatic carbocycles. The van der Waals surface area contributed by atoms with Crippen molar-refractivity contribution in [3.63, 3.8) is 0 Å². The number of carbonyl (C=O) groups is 2. The molecule has 0 unspecified atom stereocenters. The number of para-hydroxylation sites is 1. The lowest BCUT2D eigenvalue weighted by atomic mass is 10.2. The van der Waals surface area contributed by atoms with Gasteiger partial charge in [0.2, 0.25) is 10.0 Å². The fraction of sp³-hybridized carbons (Fsp3) is 0.263. The summed E-state index contributed by atoms with van der Waals surface area (Å²) in [7, 11) is -3.72. The van der Waals surface area contributed by atoms with Crippen molar-refractivity contribution in [3.05, 3.63) is 59.9 Å². The predicted octanol–water partition coefficient (Wildman–Crippen LogP) is 1.70. The summed E-state index contributed by atoms with van der Waals surface area (Å²) in [5, 5.41) is 0. The van der Waals surface area contributed by atoms with Gasteiger partial charge in [0.05, 0.1) is 4.90 Å². The number of halogens is 1. The van der Waals surface area contributed by atoms with Gasteiger partial charge in [-0.1, -0.05) is 32.0 Å². The first-order chi connectivity index (χ1) is 13.8. The summed E-state index contributed by atoms with van der Waals surface area (Å²) in [4.78, 5) is 24.0. The molecule has 2 amide bonds. The van der Waals surface area contributed by atoms with E-state index in [0.717, 1.165) is 0 Å². The van der Waals surface area contributed by atoms with Crippen LogP contribution in [0.15, 0.2) is 53.4 Å². The molecule has 156 valence electrons. The van der Waals surface area contributed by atoms with Gasteiger partial charge in [-0.3, -0.25) is 20.4 Å². The number of hydrazine groups is 1. The van der Waals surface area contributed by atoms with Crippen molar-refractivity contribution in [2.75, 3.05) is 19.7 Å². The molecule has 2 N–H and O–H groups in total. The third kappa shape index (κ3) is 5.75. The third-order valence-electron chi connectivity index (χ3n) is 3.95. The Hall–Kier alpha value is -2.98. The largest absolute Gasteiger partial charge is 0.481 e. The smallest absolute Gasteiger partial charge is 0.276 e. The number of rotatable bonds is 8. The van der Waals surface area contributed by atoms with E-state index in [1.54, 1.807) is 19.9 Å². The van der Waals surface area contributed by atoms with Gasteiger partial charge in [0.25, 0.3) is 11.8 Å². The average molecular weight is 423 g/mol. The molecule has 2 aromatic rings. The van der Waals surface area contributed by atoms with E-state index in [9.17, 15) is 22.4 Å². The second kappa shape index (κ2) is 9.99. The number of amides is 2. The maximum atomic E-state index is 13.4. The quantitative estimate of drug-likeness (QED) is 0.629. The summed E-state index contributed by atoms with van der Waals surface area (Å²) in [6.45, 7) is 3.52. The van der Waals surface area contributed by atoms with Crippen LogP contribution in [-0.4, -0.2) is 44.2 Å². The minimum atomic E-state index is -3.72. The van der Waals surface area contributed by atoms with Crippen molar-refractivity contribution in [1.29, 1.82) is 0 Å². The Kier molecular flexibility index (Phi) is 7.68. The summed E-state index contributed by atoms with van der Waals surface area (Å²) in [6, 6.07) is 11.1. The number of ether oxygens (including phenoxy) is 1. The third-order valence-corrected chi connectivity index (χ3v) is 6.00. The van der Waals surface area contributed by atoms with Crippen molar-refractivity contribution in [3.8, 4) is 5.75 Å². The highest BCUT2D eigenvalue weighted by Crippen LogP contribution is 2.17. The Balaban J connectivity index is 1.97. The molecule has 2 aromatic carbocycles. The number of nitrogens with one attached hydrogen (secondary N) is 2. The number of carbonyl (C=O) groups excluding carboxylic acids is 2. The van der Waals surface area contributed by atoms with Crippen molar-refractivity contribution in [1.82, 2.24) is 15.2 Å². The maximum absolute atomic E-state index is 13.4. The van der Waals surface area contributed by atoms with Crippen LogP contribution in [0, 0.1) is 5.82 Å². The van der Waals surface area contributed by atoms with Gasteiger partial charge in [0.1, 0.15) is 0 Å². The van der Waals surface area contributed by atoms with Gasteiger partial charge in [0, 0.05) is 18.7 Å². The first-order valence-corrected chi connectivity index (χ1v) is 10.3. The number of hydrogen-bond donors (Lipinski definition) is 2. The minimum Gasteiger partial charge on any atom is -0.481 e. The molecule has 0 saturated carbocycles. The molecule has 29 heavy (non-hydrogen) atoms. The lowest BCUT2D eigenvalue weighted by Crippen LogP contribution is -2.43. The molecule has 0 aliphatic rings. The molecule has 0 fully saturated rings.